The highest BCUT2D eigenvalue weighted by Crippen LogP contribution is 2.36. The molecule has 1 saturated carbocycles. The van der Waals surface area contributed by atoms with Crippen molar-refractivity contribution in [3.8, 4) is 0 Å². The van der Waals surface area contributed by atoms with Crippen molar-refractivity contribution in [2.45, 2.75) is 45.6 Å². The van der Waals surface area contributed by atoms with E-state index in [9.17, 15) is 0 Å². The topological polar surface area (TPSA) is 39.1 Å². The number of imidazole rings is 1. The largest absolute Gasteiger partial charge is 0.382 e. The number of nitrogens with one attached hydrogen (secondary N) is 1. The Kier molecular flexibility index (Phi) is 5.05. The summed E-state index contributed by atoms with van der Waals surface area (Å²) in [6.07, 6.45) is 9.00. The lowest BCUT2D eigenvalue weighted by molar-refractivity contribution is 0.147. The maximum absolute atomic E-state index is 5.33. The summed E-state index contributed by atoms with van der Waals surface area (Å²) >= 11 is 0. The normalized spacial score (nSPS) is 23.4. The summed E-state index contributed by atoms with van der Waals surface area (Å²) < 4.78 is 7.65. The Balaban J connectivity index is 1.84. The van der Waals surface area contributed by atoms with Crippen LogP contribution in [0.4, 0.5) is 5.95 Å². The number of ether oxygens (including phenoxy) is 1. The van der Waals surface area contributed by atoms with Crippen LogP contribution in [-0.2, 0) is 4.74 Å². The molecule has 1 heterocycles. The predicted octanol–water partition coefficient (Wildman–Crippen LogP) is 3.08. The van der Waals surface area contributed by atoms with E-state index in [0.717, 1.165) is 38.0 Å². The first-order chi connectivity index (χ1) is 8.83. The van der Waals surface area contributed by atoms with Gasteiger partial charge in [0, 0.05) is 38.2 Å². The van der Waals surface area contributed by atoms with E-state index in [2.05, 4.69) is 28.0 Å². The molecule has 2 unspecified atom stereocenters. The van der Waals surface area contributed by atoms with E-state index in [-0.39, 0.29) is 0 Å². The van der Waals surface area contributed by atoms with Gasteiger partial charge in [0.05, 0.1) is 0 Å². The first-order valence-electron chi connectivity index (χ1n) is 7.17. The first kappa shape index (κ1) is 13.4. The van der Waals surface area contributed by atoms with Crippen molar-refractivity contribution in [1.82, 2.24) is 9.55 Å². The van der Waals surface area contributed by atoms with E-state index in [1.54, 1.807) is 0 Å². The van der Waals surface area contributed by atoms with E-state index in [0.29, 0.717) is 6.04 Å². The van der Waals surface area contributed by atoms with Gasteiger partial charge in [-0.2, -0.15) is 0 Å². The molecule has 1 N–H and O–H groups in total. The van der Waals surface area contributed by atoms with E-state index >= 15 is 0 Å². The summed E-state index contributed by atoms with van der Waals surface area (Å²) in [6, 6.07) is 0.627. The molecule has 18 heavy (non-hydrogen) atoms. The Morgan fingerprint density at radius 3 is 3.11 bits per heavy atom. The molecular weight excluding hydrogens is 226 g/mol. The second-order valence-electron chi connectivity index (χ2n) is 5.11. The number of nitrogens with zero attached hydrogens (tertiary/aromatic N) is 2. The fraction of sp³-hybridized carbons (Fsp3) is 0.786. The Morgan fingerprint density at radius 2 is 2.39 bits per heavy atom. The Hall–Kier alpha value is -1.03. The lowest BCUT2D eigenvalue weighted by Crippen LogP contribution is -2.16. The van der Waals surface area contributed by atoms with Gasteiger partial charge in [0.25, 0.3) is 0 Å². The third-order valence-electron chi connectivity index (χ3n) is 3.79. The van der Waals surface area contributed by atoms with Gasteiger partial charge >= 0.3 is 0 Å². The van der Waals surface area contributed by atoms with Crippen LogP contribution in [0.2, 0.25) is 0 Å². The molecule has 4 heteroatoms. The summed E-state index contributed by atoms with van der Waals surface area (Å²) in [5.74, 6) is 1.79. The van der Waals surface area contributed by atoms with Crippen LogP contribution in [0.1, 0.15) is 45.6 Å². The zero-order chi connectivity index (χ0) is 12.8. The quantitative estimate of drug-likeness (QED) is 0.757. The lowest BCUT2D eigenvalue weighted by Gasteiger charge is -2.20. The van der Waals surface area contributed by atoms with Crippen LogP contribution in [-0.4, -0.2) is 29.3 Å². The molecule has 4 nitrogen and oxygen atoms in total. The third-order valence-corrected chi connectivity index (χ3v) is 3.79. The van der Waals surface area contributed by atoms with Crippen LogP contribution in [0, 0.1) is 5.92 Å². The number of hydrogen-bond donors (Lipinski definition) is 1. The van der Waals surface area contributed by atoms with Crippen molar-refractivity contribution >= 4 is 5.95 Å². The van der Waals surface area contributed by atoms with Gasteiger partial charge in [0.2, 0.25) is 5.95 Å². The first-order valence-corrected chi connectivity index (χ1v) is 7.17. The van der Waals surface area contributed by atoms with Gasteiger partial charge in [-0.1, -0.05) is 13.3 Å². The van der Waals surface area contributed by atoms with Crippen LogP contribution in [0.25, 0.3) is 0 Å². The minimum Gasteiger partial charge on any atom is -0.382 e. The number of rotatable bonds is 7. The van der Waals surface area contributed by atoms with Gasteiger partial charge in [0.15, 0.2) is 0 Å². The summed E-state index contributed by atoms with van der Waals surface area (Å²) in [7, 11) is 0. The third kappa shape index (κ3) is 3.25. The molecule has 0 aliphatic heterocycles. The molecule has 0 bridgehead atoms. The van der Waals surface area contributed by atoms with E-state index in [1.165, 1.54) is 19.3 Å². The van der Waals surface area contributed by atoms with Gasteiger partial charge in [-0.05, 0) is 32.1 Å². The minimum absolute atomic E-state index is 0.627. The highest BCUT2D eigenvalue weighted by molar-refractivity contribution is 5.26. The van der Waals surface area contributed by atoms with Crippen LogP contribution in [0.3, 0.4) is 0 Å². The summed E-state index contributed by atoms with van der Waals surface area (Å²) in [5, 5.41) is 3.42. The average molecular weight is 251 g/mol. The summed E-state index contributed by atoms with van der Waals surface area (Å²) in [4.78, 5) is 4.42. The SMILES string of the molecule is CCOCCCNc1nccn1C1CCCC1C. The van der Waals surface area contributed by atoms with E-state index in [4.69, 9.17) is 4.74 Å². The van der Waals surface area contributed by atoms with Gasteiger partial charge < -0.3 is 14.6 Å². The van der Waals surface area contributed by atoms with Crippen LogP contribution in [0.5, 0.6) is 0 Å². The van der Waals surface area contributed by atoms with Crippen molar-refractivity contribution in [3.63, 3.8) is 0 Å². The molecule has 0 amide bonds. The van der Waals surface area contributed by atoms with Crippen LogP contribution < -0.4 is 5.32 Å². The molecule has 102 valence electrons. The van der Waals surface area contributed by atoms with Gasteiger partial charge in [-0.3, -0.25) is 0 Å². The van der Waals surface area contributed by atoms with E-state index < -0.39 is 0 Å². The van der Waals surface area contributed by atoms with Crippen molar-refractivity contribution < 1.29 is 4.74 Å². The van der Waals surface area contributed by atoms with Crippen LogP contribution in [0.15, 0.2) is 12.4 Å². The van der Waals surface area contributed by atoms with Crippen LogP contribution >= 0.6 is 0 Å². The molecule has 0 aromatic carbocycles. The van der Waals surface area contributed by atoms with E-state index in [1.807, 2.05) is 13.1 Å². The molecule has 1 aliphatic rings. The minimum atomic E-state index is 0.627. The highest BCUT2D eigenvalue weighted by atomic mass is 16.5. The molecule has 2 atom stereocenters. The number of hydrogen-bond acceptors (Lipinski definition) is 3. The Labute approximate surface area is 110 Å². The molecule has 0 saturated heterocycles. The van der Waals surface area contributed by atoms with Gasteiger partial charge in [0.1, 0.15) is 0 Å². The number of anilines is 1. The summed E-state index contributed by atoms with van der Waals surface area (Å²) in [6.45, 7) is 6.93. The number of aromatic nitrogens is 2. The van der Waals surface area contributed by atoms with Gasteiger partial charge in [-0.15, -0.1) is 0 Å². The fourth-order valence-corrected chi connectivity index (χ4v) is 2.78. The molecule has 1 aromatic heterocycles. The maximum Gasteiger partial charge on any atom is 0.203 e. The second-order valence-corrected chi connectivity index (χ2v) is 5.11. The molecule has 0 radical (unpaired) electrons. The zero-order valence-corrected chi connectivity index (χ0v) is 11.6. The standard InChI is InChI=1S/C14H25N3O/c1-3-18-11-5-8-15-14-16-9-10-17(14)13-7-4-6-12(13)2/h9-10,12-13H,3-8,11H2,1-2H3,(H,15,16). The Bertz CT molecular complexity index is 351. The molecule has 0 spiro atoms. The molecule has 1 aromatic rings. The zero-order valence-electron chi connectivity index (χ0n) is 11.6. The summed E-state index contributed by atoms with van der Waals surface area (Å²) in [5.41, 5.74) is 0. The predicted molar refractivity (Wildman–Crippen MR) is 73.9 cm³/mol. The van der Waals surface area contributed by atoms with Crippen molar-refractivity contribution in [3.05, 3.63) is 12.4 Å². The molecular formula is C14H25N3O. The van der Waals surface area contributed by atoms with Crippen molar-refractivity contribution in [1.29, 1.82) is 0 Å². The van der Waals surface area contributed by atoms with Crippen molar-refractivity contribution in [2.24, 2.45) is 5.92 Å². The smallest absolute Gasteiger partial charge is 0.203 e. The molecule has 1 aliphatic carbocycles. The monoisotopic (exact) mass is 251 g/mol. The lowest BCUT2D eigenvalue weighted by atomic mass is 10.1. The van der Waals surface area contributed by atoms with Gasteiger partial charge in [-0.25, -0.2) is 4.98 Å². The average Bonchev–Trinajstić information content (AvgIpc) is 2.97. The molecule has 2 rings (SSSR count). The Morgan fingerprint density at radius 1 is 1.50 bits per heavy atom. The molecule has 1 fully saturated rings. The van der Waals surface area contributed by atoms with Crippen molar-refractivity contribution in [2.75, 3.05) is 25.1 Å². The maximum atomic E-state index is 5.33. The highest BCUT2D eigenvalue weighted by Gasteiger charge is 2.26. The fourth-order valence-electron chi connectivity index (χ4n) is 2.78. The second kappa shape index (κ2) is 6.78.